The summed E-state index contributed by atoms with van der Waals surface area (Å²) < 4.78 is 40.1. The normalized spacial score (nSPS) is 15.1. The van der Waals surface area contributed by atoms with Gasteiger partial charge in [0.25, 0.3) is 5.91 Å². The van der Waals surface area contributed by atoms with Crippen LogP contribution in [0.5, 0.6) is 0 Å². The number of carbonyl (C=O) groups excluding carboxylic acids is 1. The highest BCUT2D eigenvalue weighted by molar-refractivity contribution is 6.09. The van der Waals surface area contributed by atoms with E-state index in [1.54, 1.807) is 23.2 Å². The molecule has 41 heavy (non-hydrogen) atoms. The van der Waals surface area contributed by atoms with E-state index in [1.807, 2.05) is 31.2 Å². The molecule has 3 N–H and O–H groups in total. The number of nitrogens with zero attached hydrogens (tertiary/aromatic N) is 3. The van der Waals surface area contributed by atoms with Gasteiger partial charge < -0.3 is 10.7 Å². The summed E-state index contributed by atoms with van der Waals surface area (Å²) in [6, 6.07) is 15.5. The highest BCUT2D eigenvalue weighted by Crippen LogP contribution is 2.39. The third kappa shape index (κ3) is 4.39. The second-order valence-electron chi connectivity index (χ2n) is 10.7. The number of aromatic nitrogens is 3. The quantitative estimate of drug-likeness (QED) is 0.235. The molecule has 2 aliphatic rings. The third-order valence-corrected chi connectivity index (χ3v) is 8.14. The Balaban J connectivity index is 1.12. The van der Waals surface area contributed by atoms with Crippen molar-refractivity contribution in [1.29, 1.82) is 0 Å². The summed E-state index contributed by atoms with van der Waals surface area (Å²) in [5.41, 5.74) is 10.7. The molecule has 0 bridgehead atoms. The molecular formula is C31H27F3N6O. The van der Waals surface area contributed by atoms with Gasteiger partial charge in [-0.3, -0.25) is 9.89 Å². The number of anilines is 1. The van der Waals surface area contributed by atoms with E-state index in [2.05, 4.69) is 20.9 Å². The van der Waals surface area contributed by atoms with Crippen LogP contribution in [0.15, 0.2) is 54.6 Å². The molecule has 7 nitrogen and oxygen atoms in total. The smallest absolute Gasteiger partial charge is 0.338 e. The second kappa shape index (κ2) is 9.59. The van der Waals surface area contributed by atoms with Crippen LogP contribution in [0.25, 0.3) is 33.1 Å². The van der Waals surface area contributed by atoms with Gasteiger partial charge >= 0.3 is 6.18 Å². The lowest BCUT2D eigenvalue weighted by molar-refractivity contribution is -0.138. The Morgan fingerprint density at radius 1 is 0.976 bits per heavy atom. The van der Waals surface area contributed by atoms with E-state index in [0.717, 1.165) is 65.1 Å². The lowest BCUT2D eigenvalue weighted by atomic mass is 9.85. The first-order chi connectivity index (χ1) is 19.8. The van der Waals surface area contributed by atoms with Crippen molar-refractivity contribution in [1.82, 2.24) is 25.5 Å². The number of rotatable bonds is 4. The average molecular weight is 557 g/mol. The van der Waals surface area contributed by atoms with Crippen LogP contribution < -0.4 is 10.7 Å². The van der Waals surface area contributed by atoms with Crippen LogP contribution >= 0.6 is 0 Å². The summed E-state index contributed by atoms with van der Waals surface area (Å²) in [7, 11) is 0. The molecule has 0 unspecified atom stereocenters. The summed E-state index contributed by atoms with van der Waals surface area (Å²) in [4.78, 5) is 18.0. The van der Waals surface area contributed by atoms with Crippen molar-refractivity contribution < 1.29 is 18.0 Å². The largest absolute Gasteiger partial charge is 0.416 e. The number of benzene rings is 3. The van der Waals surface area contributed by atoms with E-state index in [4.69, 9.17) is 4.98 Å². The molecule has 0 fully saturated rings. The zero-order valence-electron chi connectivity index (χ0n) is 22.3. The van der Waals surface area contributed by atoms with E-state index < -0.39 is 11.7 Å². The number of hydrogen-bond donors (Lipinski definition) is 3. The van der Waals surface area contributed by atoms with Crippen LogP contribution in [0.4, 0.5) is 18.9 Å². The number of H-pyrrole nitrogens is 1. The number of aryl methyl sites for hydroxylation is 2. The molecule has 0 saturated heterocycles. The monoisotopic (exact) mass is 556 g/mol. The van der Waals surface area contributed by atoms with Gasteiger partial charge in [-0.2, -0.15) is 23.3 Å². The Morgan fingerprint density at radius 2 is 1.76 bits per heavy atom. The molecular weight excluding hydrogens is 529 g/mol. The van der Waals surface area contributed by atoms with Crippen LogP contribution in [0.2, 0.25) is 0 Å². The van der Waals surface area contributed by atoms with Gasteiger partial charge in [0.15, 0.2) is 0 Å². The zero-order valence-corrected chi connectivity index (χ0v) is 22.3. The van der Waals surface area contributed by atoms with Gasteiger partial charge in [0.2, 0.25) is 0 Å². The van der Waals surface area contributed by atoms with Gasteiger partial charge in [0.1, 0.15) is 0 Å². The molecule has 0 saturated carbocycles. The Kier molecular flexibility index (Phi) is 5.97. The van der Waals surface area contributed by atoms with Crippen molar-refractivity contribution in [2.45, 2.75) is 45.3 Å². The number of hydrogen-bond acceptors (Lipinski definition) is 5. The minimum absolute atomic E-state index is 0.0353. The maximum Gasteiger partial charge on any atom is 0.416 e. The summed E-state index contributed by atoms with van der Waals surface area (Å²) in [5, 5.41) is 14.2. The molecule has 3 aromatic carbocycles. The number of pyridine rings is 1. The number of alkyl halides is 3. The van der Waals surface area contributed by atoms with Crippen LogP contribution in [0.1, 0.15) is 51.1 Å². The summed E-state index contributed by atoms with van der Waals surface area (Å²) in [6.07, 6.45) is -0.258. The fourth-order valence-electron chi connectivity index (χ4n) is 6.20. The zero-order chi connectivity index (χ0) is 28.3. The maximum atomic E-state index is 13.4. The Hall–Kier alpha value is -4.44. The number of hydrazine groups is 1. The fraction of sp³-hybridized carbons (Fsp3) is 0.258. The molecule has 2 aromatic heterocycles. The molecule has 0 spiro atoms. The molecule has 1 aliphatic heterocycles. The fourth-order valence-corrected chi connectivity index (χ4v) is 6.20. The van der Waals surface area contributed by atoms with Gasteiger partial charge in [-0.25, -0.2) is 4.98 Å². The topological polar surface area (TPSA) is 85.9 Å². The Labute approximate surface area is 233 Å². The summed E-state index contributed by atoms with van der Waals surface area (Å²) in [5.74, 6) is -0.309. The van der Waals surface area contributed by atoms with Crippen LogP contribution in [-0.2, 0) is 25.6 Å². The van der Waals surface area contributed by atoms with E-state index in [9.17, 15) is 18.0 Å². The van der Waals surface area contributed by atoms with Gasteiger partial charge in [-0.05, 0) is 80.1 Å². The number of amides is 1. The first kappa shape index (κ1) is 25.5. The van der Waals surface area contributed by atoms with Crippen molar-refractivity contribution in [3.63, 3.8) is 0 Å². The van der Waals surface area contributed by atoms with Crippen molar-refractivity contribution in [2.75, 3.05) is 12.1 Å². The number of fused-ring (bicyclic) bond motifs is 6. The van der Waals surface area contributed by atoms with E-state index in [-0.39, 0.29) is 24.7 Å². The van der Waals surface area contributed by atoms with Crippen molar-refractivity contribution in [3.05, 3.63) is 88.1 Å². The predicted octanol–water partition coefficient (Wildman–Crippen LogP) is 6.51. The number of nitrogens with one attached hydrogen (secondary N) is 3. The third-order valence-electron chi connectivity index (χ3n) is 8.14. The van der Waals surface area contributed by atoms with E-state index in [1.165, 1.54) is 22.6 Å². The molecule has 1 aliphatic carbocycles. The lowest BCUT2D eigenvalue weighted by Crippen LogP contribution is -2.37. The molecule has 3 heterocycles. The number of halogens is 3. The van der Waals surface area contributed by atoms with Crippen molar-refractivity contribution in [3.8, 4) is 11.3 Å². The van der Waals surface area contributed by atoms with Crippen LogP contribution in [0.3, 0.4) is 0 Å². The molecule has 10 heteroatoms. The lowest BCUT2D eigenvalue weighted by Gasteiger charge is -2.22. The highest BCUT2D eigenvalue weighted by Gasteiger charge is 2.36. The summed E-state index contributed by atoms with van der Waals surface area (Å²) >= 11 is 0. The summed E-state index contributed by atoms with van der Waals surface area (Å²) in [6.45, 7) is 2.10. The molecule has 1 amide bonds. The second-order valence-corrected chi connectivity index (χ2v) is 10.7. The SMILES string of the molecule is Cc1n[nH]c2ccc3nc(-c4ccc(C(=O)NCN5Cc6c(cccc6C(F)(F)F)N5)cc4)c4c(c3c12)CCCC4. The highest BCUT2D eigenvalue weighted by atomic mass is 19.4. The van der Waals surface area contributed by atoms with Crippen molar-refractivity contribution >= 4 is 33.4 Å². The molecule has 208 valence electrons. The maximum absolute atomic E-state index is 13.4. The number of carbonyl (C=O) groups is 1. The molecule has 5 aromatic rings. The number of aromatic amines is 1. The van der Waals surface area contributed by atoms with Gasteiger partial charge in [-0.1, -0.05) is 18.2 Å². The minimum atomic E-state index is -4.43. The first-order valence-electron chi connectivity index (χ1n) is 13.7. The van der Waals surface area contributed by atoms with Crippen molar-refractivity contribution in [2.24, 2.45) is 0 Å². The first-order valence-corrected chi connectivity index (χ1v) is 13.7. The Morgan fingerprint density at radius 3 is 2.54 bits per heavy atom. The minimum Gasteiger partial charge on any atom is -0.338 e. The van der Waals surface area contributed by atoms with Crippen LogP contribution in [-0.4, -0.2) is 32.8 Å². The molecule has 0 atom stereocenters. The van der Waals surface area contributed by atoms with E-state index in [0.29, 0.717) is 11.3 Å². The average Bonchev–Trinajstić information content (AvgIpc) is 3.57. The van der Waals surface area contributed by atoms with Crippen LogP contribution in [0, 0.1) is 6.92 Å². The van der Waals surface area contributed by atoms with Gasteiger partial charge in [0.05, 0.1) is 40.3 Å². The van der Waals surface area contributed by atoms with Gasteiger partial charge in [-0.15, -0.1) is 0 Å². The molecule has 0 radical (unpaired) electrons. The Bertz CT molecular complexity index is 1830. The predicted molar refractivity (Wildman–Crippen MR) is 151 cm³/mol. The van der Waals surface area contributed by atoms with Gasteiger partial charge in [0, 0.05) is 34.0 Å². The standard InChI is InChI=1S/C31H27F3N6O/c1-17-27-26(38-37-17)14-13-25-28(27)20-5-2-3-6-21(20)29(36-25)18-9-11-19(12-10-18)30(41)35-16-40-15-22-23(31(32,33)34)7-4-8-24(22)39-40/h4,7-14,39H,2-3,5-6,15-16H2,1H3,(H,35,41)(H,37,38). The van der Waals surface area contributed by atoms with E-state index >= 15 is 0 Å². The molecule has 7 rings (SSSR count).